The van der Waals surface area contributed by atoms with Gasteiger partial charge in [0.2, 0.25) is 0 Å². The molecule has 1 aromatic rings. The van der Waals surface area contributed by atoms with Crippen LogP contribution in [0.3, 0.4) is 0 Å². The van der Waals surface area contributed by atoms with Gasteiger partial charge in [0.25, 0.3) is 0 Å². The Morgan fingerprint density at radius 2 is 1.86 bits per heavy atom. The molecule has 2 atom stereocenters. The molecule has 1 fully saturated rings. The molecule has 0 heterocycles. The van der Waals surface area contributed by atoms with Crippen molar-refractivity contribution in [1.82, 2.24) is 0 Å². The summed E-state index contributed by atoms with van der Waals surface area (Å²) in [6.45, 7) is 4.22. The van der Waals surface area contributed by atoms with Crippen LogP contribution in [0.4, 0.5) is 0 Å². The molecule has 14 heavy (non-hydrogen) atoms. The Hall–Kier alpha value is -0.530. The van der Waals surface area contributed by atoms with Crippen LogP contribution in [0.25, 0.3) is 0 Å². The smallest absolute Gasteiger partial charge is 0.0603 e. The Balaban J connectivity index is 2.22. The first-order chi connectivity index (χ1) is 6.51. The summed E-state index contributed by atoms with van der Waals surface area (Å²) in [5.41, 5.74) is 1.29. The van der Waals surface area contributed by atoms with Gasteiger partial charge >= 0.3 is 0 Å². The summed E-state index contributed by atoms with van der Waals surface area (Å²) >= 11 is 5.83. The molecule has 1 N–H and O–H groups in total. The molecule has 0 saturated heterocycles. The van der Waals surface area contributed by atoms with Gasteiger partial charge in [0.15, 0.2) is 0 Å². The van der Waals surface area contributed by atoms with Crippen LogP contribution >= 0.6 is 11.6 Å². The molecule has 0 unspecified atom stereocenters. The zero-order valence-electron chi connectivity index (χ0n) is 8.50. The van der Waals surface area contributed by atoms with Crippen molar-refractivity contribution in [2.24, 2.45) is 5.41 Å². The molecule has 1 saturated carbocycles. The number of halogens is 1. The van der Waals surface area contributed by atoms with Crippen LogP contribution in [0.1, 0.15) is 31.7 Å². The third-order valence-corrected chi connectivity index (χ3v) is 3.74. The van der Waals surface area contributed by atoms with E-state index < -0.39 is 0 Å². The van der Waals surface area contributed by atoms with Gasteiger partial charge in [-0.25, -0.2) is 0 Å². The summed E-state index contributed by atoms with van der Waals surface area (Å²) in [5, 5.41) is 10.4. The van der Waals surface area contributed by atoms with E-state index >= 15 is 0 Å². The minimum Gasteiger partial charge on any atom is -0.393 e. The molecule has 0 aliphatic heterocycles. The topological polar surface area (TPSA) is 20.2 Å². The summed E-state index contributed by atoms with van der Waals surface area (Å²) in [5.74, 6) is 0.467. The molecule has 2 heteroatoms. The third kappa shape index (κ3) is 1.45. The number of rotatable bonds is 1. The van der Waals surface area contributed by atoms with E-state index in [0.29, 0.717) is 5.92 Å². The molecule has 1 nitrogen and oxygen atoms in total. The fourth-order valence-electron chi connectivity index (χ4n) is 2.16. The molecule has 0 spiro atoms. The second kappa shape index (κ2) is 3.25. The van der Waals surface area contributed by atoms with E-state index in [9.17, 15) is 5.11 Å². The number of hydrogen-bond donors (Lipinski definition) is 1. The maximum Gasteiger partial charge on any atom is 0.0603 e. The Morgan fingerprint density at radius 1 is 1.29 bits per heavy atom. The van der Waals surface area contributed by atoms with Crippen molar-refractivity contribution >= 4 is 11.6 Å². The monoisotopic (exact) mass is 210 g/mol. The average Bonchev–Trinajstić information content (AvgIpc) is 2.16. The van der Waals surface area contributed by atoms with Crippen LogP contribution in [-0.2, 0) is 0 Å². The first-order valence-corrected chi connectivity index (χ1v) is 5.33. The van der Waals surface area contributed by atoms with Crippen molar-refractivity contribution in [3.05, 3.63) is 34.9 Å². The van der Waals surface area contributed by atoms with Gasteiger partial charge in [-0.05, 0) is 35.4 Å². The fourth-order valence-corrected chi connectivity index (χ4v) is 2.29. The lowest BCUT2D eigenvalue weighted by molar-refractivity contribution is -0.0625. The minimum absolute atomic E-state index is 0.00777. The molecule has 1 aliphatic carbocycles. The van der Waals surface area contributed by atoms with Crippen molar-refractivity contribution in [1.29, 1.82) is 0 Å². The van der Waals surface area contributed by atoms with Gasteiger partial charge in [0.1, 0.15) is 0 Å². The second-order valence-electron chi connectivity index (χ2n) is 4.68. The van der Waals surface area contributed by atoms with E-state index in [1.54, 1.807) is 0 Å². The number of aliphatic hydroxyl groups is 1. The highest BCUT2D eigenvalue weighted by Gasteiger charge is 2.47. The van der Waals surface area contributed by atoms with Crippen LogP contribution in [0, 0.1) is 5.41 Å². The van der Waals surface area contributed by atoms with E-state index in [2.05, 4.69) is 26.0 Å². The van der Waals surface area contributed by atoms with Crippen LogP contribution in [0.2, 0.25) is 5.02 Å². The summed E-state index contributed by atoms with van der Waals surface area (Å²) in [7, 11) is 0. The van der Waals surface area contributed by atoms with Gasteiger partial charge in [-0.15, -0.1) is 0 Å². The molecule has 0 aromatic heterocycles. The second-order valence-corrected chi connectivity index (χ2v) is 5.11. The number of aliphatic hydroxyl groups excluding tert-OH is 1. The Kier molecular flexibility index (Phi) is 2.32. The summed E-state index contributed by atoms with van der Waals surface area (Å²) in [6.07, 6.45) is 0.706. The van der Waals surface area contributed by atoms with Gasteiger partial charge in [0, 0.05) is 5.02 Å². The molecule has 0 amide bonds. The quantitative estimate of drug-likeness (QED) is 0.755. The van der Waals surface area contributed by atoms with E-state index in [4.69, 9.17) is 11.6 Å². The van der Waals surface area contributed by atoms with Gasteiger partial charge in [-0.2, -0.15) is 0 Å². The molecular weight excluding hydrogens is 196 g/mol. The molecule has 1 aliphatic rings. The van der Waals surface area contributed by atoms with Crippen molar-refractivity contribution in [2.75, 3.05) is 0 Å². The zero-order valence-corrected chi connectivity index (χ0v) is 9.25. The maximum absolute atomic E-state index is 9.64. The SMILES string of the molecule is CC1(C)[C@H](O)C[C@@H]1c1ccc(Cl)cc1. The van der Waals surface area contributed by atoms with Gasteiger partial charge in [0.05, 0.1) is 6.10 Å². The normalized spacial score (nSPS) is 29.7. The Bertz CT molecular complexity index is 329. The summed E-state index contributed by atoms with van der Waals surface area (Å²) in [4.78, 5) is 0. The average molecular weight is 211 g/mol. The van der Waals surface area contributed by atoms with E-state index in [1.807, 2.05) is 12.1 Å². The Morgan fingerprint density at radius 3 is 2.29 bits per heavy atom. The highest BCUT2D eigenvalue weighted by molar-refractivity contribution is 6.30. The van der Waals surface area contributed by atoms with Gasteiger partial charge in [-0.1, -0.05) is 37.6 Å². The summed E-state index contributed by atoms with van der Waals surface area (Å²) < 4.78 is 0. The van der Waals surface area contributed by atoms with Crippen LogP contribution in [0.5, 0.6) is 0 Å². The minimum atomic E-state index is -0.164. The maximum atomic E-state index is 9.64. The Labute approximate surface area is 89.7 Å². The number of hydrogen-bond acceptors (Lipinski definition) is 1. The molecule has 1 aromatic carbocycles. The van der Waals surface area contributed by atoms with Gasteiger partial charge in [-0.3, -0.25) is 0 Å². The van der Waals surface area contributed by atoms with Gasteiger partial charge < -0.3 is 5.11 Å². The van der Waals surface area contributed by atoms with E-state index in [1.165, 1.54) is 5.56 Å². The first kappa shape index (κ1) is 10.0. The fraction of sp³-hybridized carbons (Fsp3) is 0.500. The highest BCUT2D eigenvalue weighted by atomic mass is 35.5. The van der Waals surface area contributed by atoms with E-state index in [0.717, 1.165) is 11.4 Å². The standard InChI is InChI=1S/C12H15ClO/c1-12(2)10(7-11(12)14)8-3-5-9(13)6-4-8/h3-6,10-11,14H,7H2,1-2H3/t10-,11-/m1/s1. The zero-order chi connectivity index (χ0) is 10.3. The predicted molar refractivity (Wildman–Crippen MR) is 58.6 cm³/mol. The first-order valence-electron chi connectivity index (χ1n) is 4.95. The lowest BCUT2D eigenvalue weighted by Crippen LogP contribution is -2.47. The van der Waals surface area contributed by atoms with Crippen molar-refractivity contribution < 1.29 is 5.11 Å². The lowest BCUT2D eigenvalue weighted by Gasteiger charge is -2.49. The molecule has 76 valence electrons. The molecular formula is C12H15ClO. The van der Waals surface area contributed by atoms with Crippen molar-refractivity contribution in [2.45, 2.75) is 32.3 Å². The molecule has 0 bridgehead atoms. The van der Waals surface area contributed by atoms with Crippen LogP contribution in [0.15, 0.2) is 24.3 Å². The predicted octanol–water partition coefficient (Wildman–Crippen LogP) is 3.21. The lowest BCUT2D eigenvalue weighted by atomic mass is 9.58. The molecule has 0 radical (unpaired) electrons. The molecule has 2 rings (SSSR count). The van der Waals surface area contributed by atoms with Crippen LogP contribution in [-0.4, -0.2) is 11.2 Å². The van der Waals surface area contributed by atoms with Crippen molar-refractivity contribution in [3.63, 3.8) is 0 Å². The number of benzene rings is 1. The third-order valence-electron chi connectivity index (χ3n) is 3.49. The van der Waals surface area contributed by atoms with Crippen molar-refractivity contribution in [3.8, 4) is 0 Å². The largest absolute Gasteiger partial charge is 0.393 e. The summed E-state index contributed by atoms with van der Waals surface area (Å²) in [6, 6.07) is 7.94. The highest BCUT2D eigenvalue weighted by Crippen LogP contribution is 2.52. The van der Waals surface area contributed by atoms with E-state index in [-0.39, 0.29) is 11.5 Å². The van der Waals surface area contributed by atoms with Crippen LogP contribution < -0.4 is 0 Å².